The Labute approximate surface area is 127 Å². The predicted molar refractivity (Wildman–Crippen MR) is 84.2 cm³/mol. The SMILES string of the molecule is Cc1ccc(OCC(=O)Nc2ccccc2Br)c(C)c1. The highest BCUT2D eigenvalue weighted by molar-refractivity contribution is 9.10. The van der Waals surface area contributed by atoms with Crippen LogP contribution in [0.15, 0.2) is 46.9 Å². The minimum Gasteiger partial charge on any atom is -0.483 e. The fraction of sp³-hybridized carbons (Fsp3) is 0.188. The largest absolute Gasteiger partial charge is 0.483 e. The minimum atomic E-state index is -0.183. The van der Waals surface area contributed by atoms with Crippen molar-refractivity contribution in [1.82, 2.24) is 0 Å². The van der Waals surface area contributed by atoms with Crippen molar-refractivity contribution in [2.24, 2.45) is 0 Å². The van der Waals surface area contributed by atoms with E-state index < -0.39 is 0 Å². The number of carbonyl (C=O) groups is 1. The maximum atomic E-state index is 11.9. The fourth-order valence-corrected chi connectivity index (χ4v) is 2.24. The van der Waals surface area contributed by atoms with E-state index in [1.807, 2.05) is 56.3 Å². The van der Waals surface area contributed by atoms with Gasteiger partial charge in [0.05, 0.1) is 5.69 Å². The van der Waals surface area contributed by atoms with Crippen molar-refractivity contribution < 1.29 is 9.53 Å². The molecule has 0 aliphatic carbocycles. The summed E-state index contributed by atoms with van der Waals surface area (Å²) in [5.41, 5.74) is 2.94. The van der Waals surface area contributed by atoms with Gasteiger partial charge in [0.15, 0.2) is 6.61 Å². The third kappa shape index (κ3) is 3.84. The molecule has 4 heteroatoms. The maximum absolute atomic E-state index is 11.9. The molecule has 0 atom stereocenters. The first-order valence-corrected chi connectivity index (χ1v) is 7.10. The zero-order valence-electron chi connectivity index (χ0n) is 11.4. The van der Waals surface area contributed by atoms with Gasteiger partial charge in [-0.1, -0.05) is 29.8 Å². The Hall–Kier alpha value is -1.81. The van der Waals surface area contributed by atoms with Gasteiger partial charge in [0.1, 0.15) is 5.75 Å². The molecule has 0 aliphatic rings. The minimum absolute atomic E-state index is 0.00870. The van der Waals surface area contributed by atoms with E-state index in [0.717, 1.165) is 21.5 Å². The van der Waals surface area contributed by atoms with Gasteiger partial charge in [-0.3, -0.25) is 4.79 Å². The van der Waals surface area contributed by atoms with Crippen molar-refractivity contribution in [3.05, 3.63) is 58.1 Å². The molecule has 2 aromatic rings. The van der Waals surface area contributed by atoms with Crippen molar-refractivity contribution in [2.75, 3.05) is 11.9 Å². The Morgan fingerprint density at radius 1 is 1.20 bits per heavy atom. The summed E-state index contributed by atoms with van der Waals surface area (Å²) in [5.74, 6) is 0.551. The third-order valence-electron chi connectivity index (χ3n) is 2.84. The van der Waals surface area contributed by atoms with Gasteiger partial charge in [0.25, 0.3) is 5.91 Å². The van der Waals surface area contributed by atoms with Crippen LogP contribution in [0.25, 0.3) is 0 Å². The van der Waals surface area contributed by atoms with Gasteiger partial charge in [0.2, 0.25) is 0 Å². The lowest BCUT2D eigenvalue weighted by Crippen LogP contribution is -2.20. The highest BCUT2D eigenvalue weighted by Crippen LogP contribution is 2.21. The molecule has 0 unspecified atom stereocenters. The van der Waals surface area contributed by atoms with Gasteiger partial charge in [-0.2, -0.15) is 0 Å². The van der Waals surface area contributed by atoms with Gasteiger partial charge >= 0.3 is 0 Å². The van der Waals surface area contributed by atoms with Gasteiger partial charge in [-0.25, -0.2) is 0 Å². The van der Waals surface area contributed by atoms with Crippen LogP contribution in [0.4, 0.5) is 5.69 Å². The van der Waals surface area contributed by atoms with Crippen LogP contribution >= 0.6 is 15.9 Å². The topological polar surface area (TPSA) is 38.3 Å². The molecule has 3 nitrogen and oxygen atoms in total. The number of ether oxygens (including phenoxy) is 1. The lowest BCUT2D eigenvalue weighted by molar-refractivity contribution is -0.118. The first kappa shape index (κ1) is 14.6. The second-order valence-electron chi connectivity index (χ2n) is 4.59. The van der Waals surface area contributed by atoms with Crippen molar-refractivity contribution in [3.63, 3.8) is 0 Å². The average molecular weight is 334 g/mol. The molecule has 2 rings (SSSR count). The lowest BCUT2D eigenvalue weighted by Gasteiger charge is -2.10. The maximum Gasteiger partial charge on any atom is 0.262 e. The number of nitrogens with one attached hydrogen (secondary N) is 1. The Kier molecular flexibility index (Phi) is 4.79. The predicted octanol–water partition coefficient (Wildman–Crippen LogP) is 4.08. The number of halogens is 1. The van der Waals surface area contributed by atoms with Gasteiger partial charge in [-0.05, 0) is 53.5 Å². The number of benzene rings is 2. The monoisotopic (exact) mass is 333 g/mol. The highest BCUT2D eigenvalue weighted by atomic mass is 79.9. The van der Waals surface area contributed by atoms with E-state index in [-0.39, 0.29) is 12.5 Å². The number of rotatable bonds is 4. The molecule has 1 amide bonds. The average Bonchev–Trinajstić information content (AvgIpc) is 2.40. The molecule has 0 fully saturated rings. The summed E-state index contributed by atoms with van der Waals surface area (Å²) in [7, 11) is 0. The van der Waals surface area contributed by atoms with Crippen molar-refractivity contribution >= 4 is 27.5 Å². The molecule has 0 spiro atoms. The van der Waals surface area contributed by atoms with Crippen molar-refractivity contribution in [2.45, 2.75) is 13.8 Å². The quantitative estimate of drug-likeness (QED) is 0.915. The first-order valence-electron chi connectivity index (χ1n) is 6.30. The Bertz CT molecular complexity index is 626. The number of hydrogen-bond donors (Lipinski definition) is 1. The number of carbonyl (C=O) groups excluding carboxylic acids is 1. The summed E-state index contributed by atoms with van der Waals surface area (Å²) >= 11 is 3.38. The Morgan fingerprint density at radius 3 is 2.65 bits per heavy atom. The van der Waals surface area contributed by atoms with Crippen LogP contribution in [-0.2, 0) is 4.79 Å². The summed E-state index contributed by atoms with van der Waals surface area (Å²) < 4.78 is 6.39. The molecule has 0 saturated heterocycles. The normalized spacial score (nSPS) is 10.2. The van der Waals surface area contributed by atoms with Crippen molar-refractivity contribution in [1.29, 1.82) is 0 Å². The van der Waals surface area contributed by atoms with Crippen LogP contribution in [0, 0.1) is 13.8 Å². The second kappa shape index (κ2) is 6.57. The van der Waals surface area contributed by atoms with Gasteiger partial charge < -0.3 is 10.1 Å². The molecule has 0 aromatic heterocycles. The second-order valence-corrected chi connectivity index (χ2v) is 5.44. The van der Waals surface area contributed by atoms with Crippen LogP contribution in [0.1, 0.15) is 11.1 Å². The fourth-order valence-electron chi connectivity index (χ4n) is 1.85. The van der Waals surface area contributed by atoms with E-state index in [9.17, 15) is 4.79 Å². The molecule has 0 radical (unpaired) electrons. The van der Waals surface area contributed by atoms with Crippen LogP contribution in [-0.4, -0.2) is 12.5 Å². The number of para-hydroxylation sites is 1. The molecule has 1 N–H and O–H groups in total. The zero-order chi connectivity index (χ0) is 14.5. The smallest absolute Gasteiger partial charge is 0.262 e. The molecule has 2 aromatic carbocycles. The molecular weight excluding hydrogens is 318 g/mol. The molecule has 0 heterocycles. The summed E-state index contributed by atoms with van der Waals surface area (Å²) in [4.78, 5) is 11.9. The summed E-state index contributed by atoms with van der Waals surface area (Å²) in [6.45, 7) is 3.98. The van der Waals surface area contributed by atoms with E-state index in [0.29, 0.717) is 0 Å². The van der Waals surface area contributed by atoms with E-state index >= 15 is 0 Å². The summed E-state index contributed by atoms with van der Waals surface area (Å²) in [6, 6.07) is 13.3. The van der Waals surface area contributed by atoms with E-state index in [2.05, 4.69) is 21.2 Å². The summed E-state index contributed by atoms with van der Waals surface area (Å²) in [6.07, 6.45) is 0. The molecular formula is C16H16BrNO2. The number of aryl methyl sites for hydroxylation is 2. The standard InChI is InChI=1S/C16H16BrNO2/c1-11-7-8-15(12(2)9-11)20-10-16(19)18-14-6-4-3-5-13(14)17/h3-9H,10H2,1-2H3,(H,18,19). The van der Waals surface area contributed by atoms with Crippen LogP contribution in [0.3, 0.4) is 0 Å². The Balaban J connectivity index is 1.94. The molecule has 20 heavy (non-hydrogen) atoms. The summed E-state index contributed by atoms with van der Waals surface area (Å²) in [5, 5.41) is 2.80. The van der Waals surface area contributed by atoms with Gasteiger partial charge in [-0.15, -0.1) is 0 Å². The Morgan fingerprint density at radius 2 is 1.95 bits per heavy atom. The van der Waals surface area contributed by atoms with Crippen molar-refractivity contribution in [3.8, 4) is 5.75 Å². The van der Waals surface area contributed by atoms with E-state index in [4.69, 9.17) is 4.74 Å². The molecule has 0 saturated carbocycles. The van der Waals surface area contributed by atoms with E-state index in [1.165, 1.54) is 5.56 Å². The molecule has 104 valence electrons. The van der Waals surface area contributed by atoms with Crippen LogP contribution < -0.4 is 10.1 Å². The van der Waals surface area contributed by atoms with E-state index in [1.54, 1.807) is 0 Å². The van der Waals surface area contributed by atoms with Gasteiger partial charge in [0, 0.05) is 4.47 Å². The van der Waals surface area contributed by atoms with Crippen LogP contribution in [0.5, 0.6) is 5.75 Å². The lowest BCUT2D eigenvalue weighted by atomic mass is 10.1. The number of amides is 1. The molecule has 0 aliphatic heterocycles. The van der Waals surface area contributed by atoms with Crippen LogP contribution in [0.2, 0.25) is 0 Å². The third-order valence-corrected chi connectivity index (χ3v) is 3.53. The zero-order valence-corrected chi connectivity index (χ0v) is 13.0. The number of hydrogen-bond acceptors (Lipinski definition) is 2. The highest BCUT2D eigenvalue weighted by Gasteiger charge is 2.07. The first-order chi connectivity index (χ1) is 9.56. The molecule has 0 bridgehead atoms. The number of anilines is 1.